The van der Waals surface area contributed by atoms with Gasteiger partial charge in [0.25, 0.3) is 0 Å². The van der Waals surface area contributed by atoms with Crippen molar-refractivity contribution in [3.63, 3.8) is 0 Å². The molecule has 0 saturated heterocycles. The quantitative estimate of drug-likeness (QED) is 0.607. The van der Waals surface area contributed by atoms with Gasteiger partial charge in [0.2, 0.25) is 0 Å². The first-order valence-corrected chi connectivity index (χ1v) is 5.36. The van der Waals surface area contributed by atoms with Crippen molar-refractivity contribution in [2.45, 2.75) is 34.6 Å². The summed E-state index contributed by atoms with van der Waals surface area (Å²) in [7, 11) is 0. The minimum absolute atomic E-state index is 1.10. The van der Waals surface area contributed by atoms with Crippen molar-refractivity contribution >= 4 is 4.73 Å². The van der Waals surface area contributed by atoms with Gasteiger partial charge in [0.15, 0.2) is 0 Å². The van der Waals surface area contributed by atoms with Crippen LogP contribution in [-0.4, -0.2) is 4.73 Å². The first-order chi connectivity index (χ1) is 6.18. The molecule has 0 nitrogen and oxygen atoms in total. The Morgan fingerprint density at radius 2 is 1.15 bits per heavy atom. The van der Waals surface area contributed by atoms with Crippen LogP contribution in [0.3, 0.4) is 0 Å². The smallest absolute Gasteiger partial charge is 0.0683 e. The van der Waals surface area contributed by atoms with E-state index < -0.39 is 0 Å². The van der Waals surface area contributed by atoms with E-state index in [1.807, 2.05) is 39.3 Å². The maximum absolute atomic E-state index is 3.60. The molecule has 13 heavy (non-hydrogen) atoms. The van der Waals surface area contributed by atoms with Crippen molar-refractivity contribution in [2.75, 3.05) is 0 Å². The van der Waals surface area contributed by atoms with E-state index in [1.165, 1.54) is 0 Å². The van der Waals surface area contributed by atoms with Gasteiger partial charge in [-0.3, -0.25) is 0 Å². The third-order valence-electron chi connectivity index (χ3n) is 0.387. The van der Waals surface area contributed by atoms with Crippen LogP contribution in [0.25, 0.3) is 0 Å². The summed E-state index contributed by atoms with van der Waals surface area (Å²) >= 11 is 2.35. The summed E-state index contributed by atoms with van der Waals surface area (Å²) in [4.78, 5) is 0. The molecule has 0 heterocycles. The van der Waals surface area contributed by atoms with Crippen LogP contribution in [0.2, 0.25) is 0 Å². The average Bonchev–Trinajstić information content (AvgIpc) is 2.24. The normalized spacial score (nSPS) is 4.92. The fourth-order valence-electron chi connectivity index (χ4n) is 0. The van der Waals surface area contributed by atoms with E-state index in [2.05, 4.69) is 36.7 Å². The predicted molar refractivity (Wildman–Crippen MR) is 64.0 cm³/mol. The Morgan fingerprint density at radius 1 is 1.00 bits per heavy atom. The molecule has 0 spiro atoms. The van der Waals surface area contributed by atoms with Crippen molar-refractivity contribution < 1.29 is 17.0 Å². The van der Waals surface area contributed by atoms with Crippen molar-refractivity contribution in [3.8, 4) is 0 Å². The number of hydrogen-bond donors (Lipinski definition) is 0. The SMILES string of the molecule is C=C(C)[CH]=[V].C=CC=C.CC.CC. The van der Waals surface area contributed by atoms with Gasteiger partial charge in [-0.15, -0.1) is 0 Å². The van der Waals surface area contributed by atoms with Gasteiger partial charge in [0.1, 0.15) is 0 Å². The summed E-state index contributed by atoms with van der Waals surface area (Å²) in [5, 5.41) is 0. The first kappa shape index (κ1) is 23.0. The van der Waals surface area contributed by atoms with Gasteiger partial charge >= 0.3 is 40.8 Å². The Bertz CT molecular complexity index is 106. The standard InChI is InChI=1S/2C4H6.2C2H6.V/c1-4(2)3;1-3-4-2;2*1-2;/h1H,2H2,3H3;3-4H,1-2H2;2*1-2H3;. The van der Waals surface area contributed by atoms with Crippen LogP contribution >= 0.6 is 0 Å². The van der Waals surface area contributed by atoms with Crippen LogP contribution in [0.5, 0.6) is 0 Å². The van der Waals surface area contributed by atoms with Gasteiger partial charge in [0, 0.05) is 0 Å². The zero-order valence-electron chi connectivity index (χ0n) is 9.80. The molecule has 0 radical (unpaired) electrons. The van der Waals surface area contributed by atoms with E-state index in [0.29, 0.717) is 0 Å². The molecule has 0 rings (SSSR count). The second kappa shape index (κ2) is 41.3. The molecular weight excluding hydrogens is 195 g/mol. The number of hydrogen-bond acceptors (Lipinski definition) is 0. The van der Waals surface area contributed by atoms with Crippen molar-refractivity contribution in [1.82, 2.24) is 0 Å². The molecule has 0 aliphatic carbocycles. The first-order valence-electron chi connectivity index (χ1n) is 4.55. The number of rotatable bonds is 2. The molecule has 0 amide bonds. The van der Waals surface area contributed by atoms with Gasteiger partial charge in [0.05, 0.1) is 0 Å². The molecule has 0 unspecified atom stereocenters. The van der Waals surface area contributed by atoms with Crippen molar-refractivity contribution in [3.05, 3.63) is 37.5 Å². The molecular formula is C12H24V. The summed E-state index contributed by atoms with van der Waals surface area (Å²) in [6.45, 7) is 20.3. The van der Waals surface area contributed by atoms with Gasteiger partial charge < -0.3 is 0 Å². The Balaban J connectivity index is -0.0000000457. The summed E-state index contributed by atoms with van der Waals surface area (Å²) in [6, 6.07) is 0. The van der Waals surface area contributed by atoms with Crippen LogP contribution in [0.1, 0.15) is 34.6 Å². The third kappa shape index (κ3) is 153. The van der Waals surface area contributed by atoms with Crippen LogP contribution in [0.4, 0.5) is 0 Å². The van der Waals surface area contributed by atoms with E-state index >= 15 is 0 Å². The Morgan fingerprint density at radius 3 is 1.15 bits per heavy atom. The van der Waals surface area contributed by atoms with Gasteiger partial charge in [-0.2, -0.15) is 0 Å². The molecule has 77 valence electrons. The molecule has 0 aliphatic heterocycles. The Labute approximate surface area is 93.9 Å². The molecule has 0 aliphatic rings. The maximum atomic E-state index is 3.60. The minimum atomic E-state index is 1.10. The fourth-order valence-corrected chi connectivity index (χ4v) is 0. The fraction of sp³-hybridized carbons (Fsp3) is 0.417. The summed E-state index contributed by atoms with van der Waals surface area (Å²) < 4.78 is 1.91. The van der Waals surface area contributed by atoms with E-state index in [-0.39, 0.29) is 0 Å². The Kier molecular flexibility index (Phi) is 73.0. The van der Waals surface area contributed by atoms with Crippen molar-refractivity contribution in [1.29, 1.82) is 0 Å². The molecule has 0 aromatic rings. The van der Waals surface area contributed by atoms with E-state index in [4.69, 9.17) is 0 Å². The van der Waals surface area contributed by atoms with Crippen LogP contribution in [0.15, 0.2) is 37.5 Å². The van der Waals surface area contributed by atoms with Crippen LogP contribution in [0, 0.1) is 0 Å². The zero-order chi connectivity index (χ0) is 11.7. The van der Waals surface area contributed by atoms with Gasteiger partial charge in [-0.05, 0) is 0 Å². The predicted octanol–water partition coefficient (Wildman–Crippen LogP) is 4.32. The second-order valence-corrected chi connectivity index (χ2v) is 1.85. The Hall–Kier alpha value is -0.326. The number of allylic oxidation sites excluding steroid dienone is 3. The van der Waals surface area contributed by atoms with E-state index in [1.54, 1.807) is 12.2 Å². The van der Waals surface area contributed by atoms with Crippen LogP contribution < -0.4 is 0 Å². The topological polar surface area (TPSA) is 0 Å². The summed E-state index contributed by atoms with van der Waals surface area (Å²) in [5.74, 6) is 0. The maximum Gasteiger partial charge on any atom is -0.0683 e. The van der Waals surface area contributed by atoms with Gasteiger partial charge in [-0.1, -0.05) is 53.0 Å². The second-order valence-electron chi connectivity index (χ2n) is 1.45. The average molecular weight is 219 g/mol. The molecule has 0 saturated carbocycles. The summed E-state index contributed by atoms with van der Waals surface area (Å²) in [6.07, 6.45) is 3.28. The molecule has 0 aromatic carbocycles. The molecule has 0 aromatic heterocycles. The van der Waals surface area contributed by atoms with Gasteiger partial charge in [-0.25, -0.2) is 0 Å². The summed E-state index contributed by atoms with van der Waals surface area (Å²) in [5.41, 5.74) is 1.10. The molecule has 0 fully saturated rings. The van der Waals surface area contributed by atoms with Crippen molar-refractivity contribution in [2.24, 2.45) is 0 Å². The third-order valence-corrected chi connectivity index (χ3v) is 1.08. The zero-order valence-corrected chi connectivity index (χ0v) is 11.2. The van der Waals surface area contributed by atoms with E-state index in [9.17, 15) is 0 Å². The monoisotopic (exact) mass is 219 g/mol. The largest absolute Gasteiger partial charge is 0.0991 e. The molecule has 0 N–H and O–H groups in total. The minimum Gasteiger partial charge on any atom is -0.0991 e. The molecule has 0 atom stereocenters. The molecule has 1 heteroatoms. The van der Waals surface area contributed by atoms with Crippen LogP contribution in [-0.2, 0) is 17.0 Å². The molecule has 0 bridgehead atoms. The van der Waals surface area contributed by atoms with E-state index in [0.717, 1.165) is 5.57 Å².